The molecule has 0 spiro atoms. The topological polar surface area (TPSA) is 66.7 Å². The number of non-ortho nitro benzene ring substituents is 1. The van der Waals surface area contributed by atoms with E-state index >= 15 is 0 Å². The average Bonchev–Trinajstić information content (AvgIpc) is 3.33. The molecule has 30 heavy (non-hydrogen) atoms. The molecule has 0 unspecified atom stereocenters. The van der Waals surface area contributed by atoms with Crippen molar-refractivity contribution in [2.75, 3.05) is 20.1 Å². The molecule has 0 N–H and O–H groups in total. The number of likely N-dealkylation sites (tertiary alicyclic amines) is 1. The second kappa shape index (κ2) is 7.84. The van der Waals surface area contributed by atoms with Crippen LogP contribution in [0.15, 0.2) is 48.5 Å². The van der Waals surface area contributed by atoms with Crippen molar-refractivity contribution in [3.63, 3.8) is 0 Å². The molecule has 1 aliphatic heterocycles. The van der Waals surface area contributed by atoms with Crippen molar-refractivity contribution < 1.29 is 9.72 Å². The summed E-state index contributed by atoms with van der Waals surface area (Å²) in [4.78, 5) is 28.2. The molecule has 0 bridgehead atoms. The highest BCUT2D eigenvalue weighted by molar-refractivity contribution is 5.79. The van der Waals surface area contributed by atoms with Gasteiger partial charge >= 0.3 is 0 Å². The number of hydrogen-bond donors (Lipinski definition) is 0. The van der Waals surface area contributed by atoms with E-state index in [0.717, 1.165) is 18.7 Å². The molecule has 6 nitrogen and oxygen atoms in total. The Morgan fingerprint density at radius 1 is 1.13 bits per heavy atom. The minimum atomic E-state index is -0.420. The first-order valence-corrected chi connectivity index (χ1v) is 10.6. The maximum Gasteiger partial charge on any atom is 0.269 e. The van der Waals surface area contributed by atoms with Crippen LogP contribution in [0.2, 0.25) is 0 Å². The summed E-state index contributed by atoms with van der Waals surface area (Å²) in [6.45, 7) is 6.61. The van der Waals surface area contributed by atoms with Gasteiger partial charge in [0, 0.05) is 24.6 Å². The molecule has 4 rings (SSSR count). The molecule has 2 aliphatic rings. The number of carbonyl (C=O) groups excluding carboxylic acids is 1. The lowest BCUT2D eigenvalue weighted by Crippen LogP contribution is -2.51. The monoisotopic (exact) mass is 407 g/mol. The molecule has 2 aromatic rings. The van der Waals surface area contributed by atoms with E-state index in [1.165, 1.54) is 36.1 Å². The van der Waals surface area contributed by atoms with Crippen LogP contribution in [0.5, 0.6) is 0 Å². The van der Waals surface area contributed by atoms with E-state index in [0.29, 0.717) is 0 Å². The van der Waals surface area contributed by atoms with Gasteiger partial charge in [-0.1, -0.05) is 50.2 Å². The first-order chi connectivity index (χ1) is 14.3. The summed E-state index contributed by atoms with van der Waals surface area (Å²) in [6.07, 6.45) is 2.64. The van der Waals surface area contributed by atoms with Crippen LogP contribution in [-0.4, -0.2) is 46.8 Å². The molecule has 158 valence electrons. The van der Waals surface area contributed by atoms with Gasteiger partial charge in [0.25, 0.3) is 5.69 Å². The molecule has 2 atom stereocenters. The van der Waals surface area contributed by atoms with Gasteiger partial charge in [0.1, 0.15) is 0 Å². The third-order valence-corrected chi connectivity index (χ3v) is 6.86. The van der Waals surface area contributed by atoms with Gasteiger partial charge in [0.2, 0.25) is 5.91 Å². The minimum absolute atomic E-state index is 0.0403. The third-order valence-electron chi connectivity index (χ3n) is 6.86. The number of carbonyl (C=O) groups is 1. The van der Waals surface area contributed by atoms with Crippen LogP contribution in [0.25, 0.3) is 0 Å². The first-order valence-electron chi connectivity index (χ1n) is 10.6. The molecule has 1 fully saturated rings. The number of benzene rings is 2. The summed E-state index contributed by atoms with van der Waals surface area (Å²) in [7, 11) is 1.91. The van der Waals surface area contributed by atoms with Crippen LogP contribution in [0, 0.1) is 10.1 Å². The van der Waals surface area contributed by atoms with Crippen molar-refractivity contribution in [1.82, 2.24) is 9.80 Å². The second-order valence-electron chi connectivity index (χ2n) is 9.05. The molecular weight excluding hydrogens is 378 g/mol. The average molecular weight is 408 g/mol. The van der Waals surface area contributed by atoms with Crippen molar-refractivity contribution in [1.29, 1.82) is 0 Å². The molecule has 1 amide bonds. The first kappa shape index (κ1) is 20.5. The summed E-state index contributed by atoms with van der Waals surface area (Å²) in [6, 6.07) is 15.1. The number of hydrogen-bond acceptors (Lipinski definition) is 4. The van der Waals surface area contributed by atoms with E-state index in [-0.39, 0.29) is 35.5 Å². The smallest absolute Gasteiger partial charge is 0.269 e. The van der Waals surface area contributed by atoms with Crippen molar-refractivity contribution in [3.8, 4) is 0 Å². The standard InChI is InChI=1S/C24H29N3O3/c1-24(2)20-9-5-4-8-19(20)22(26-14-6-7-15-26)23(24)25(3)21(28)16-17-10-12-18(13-11-17)27(29)30/h4-5,8-13,22-23H,6-7,14-16H2,1-3H3/t22-,23+/m1/s1. The van der Waals surface area contributed by atoms with Gasteiger partial charge in [-0.25, -0.2) is 0 Å². The number of nitro benzene ring substituents is 1. The van der Waals surface area contributed by atoms with E-state index in [1.54, 1.807) is 12.1 Å². The van der Waals surface area contributed by atoms with Gasteiger partial charge in [0.15, 0.2) is 0 Å². The Morgan fingerprint density at radius 2 is 1.77 bits per heavy atom. The van der Waals surface area contributed by atoms with E-state index in [9.17, 15) is 14.9 Å². The summed E-state index contributed by atoms with van der Waals surface area (Å²) < 4.78 is 0. The highest BCUT2D eigenvalue weighted by Crippen LogP contribution is 2.50. The van der Waals surface area contributed by atoms with E-state index < -0.39 is 4.92 Å². The Hall–Kier alpha value is -2.73. The molecule has 0 aromatic heterocycles. The van der Waals surface area contributed by atoms with E-state index in [4.69, 9.17) is 0 Å². The molecule has 6 heteroatoms. The Kier molecular flexibility index (Phi) is 5.36. The fourth-order valence-electron chi connectivity index (χ4n) is 5.37. The van der Waals surface area contributed by atoms with E-state index in [2.05, 4.69) is 43.0 Å². The van der Waals surface area contributed by atoms with Crippen molar-refractivity contribution in [3.05, 3.63) is 75.3 Å². The fourth-order valence-corrected chi connectivity index (χ4v) is 5.37. The van der Waals surface area contributed by atoms with Crippen LogP contribution in [0.3, 0.4) is 0 Å². The summed E-state index contributed by atoms with van der Waals surface area (Å²) in [5.74, 6) is 0.0407. The van der Waals surface area contributed by atoms with Gasteiger partial charge in [-0.3, -0.25) is 19.8 Å². The number of nitrogens with zero attached hydrogens (tertiary/aromatic N) is 3. The number of fused-ring (bicyclic) bond motifs is 1. The number of rotatable bonds is 5. The quantitative estimate of drug-likeness (QED) is 0.553. The predicted octanol–water partition coefficient (Wildman–Crippen LogP) is 4.09. The largest absolute Gasteiger partial charge is 0.340 e. The Labute approximate surface area is 177 Å². The number of amides is 1. The zero-order chi connectivity index (χ0) is 21.5. The lowest BCUT2D eigenvalue weighted by Gasteiger charge is -2.41. The van der Waals surface area contributed by atoms with Crippen LogP contribution < -0.4 is 0 Å². The molecule has 1 heterocycles. The number of nitro groups is 1. The lowest BCUT2D eigenvalue weighted by atomic mass is 9.81. The molecule has 0 radical (unpaired) electrons. The van der Waals surface area contributed by atoms with Gasteiger partial charge < -0.3 is 4.90 Å². The Morgan fingerprint density at radius 3 is 2.40 bits per heavy atom. The molecular formula is C24H29N3O3. The van der Waals surface area contributed by atoms with Crippen LogP contribution >= 0.6 is 0 Å². The highest BCUT2D eigenvalue weighted by atomic mass is 16.6. The SMILES string of the molecule is CN(C(=O)Cc1ccc([N+](=O)[O-])cc1)[C@H]1[C@H](N2CCCC2)c2ccccc2C1(C)C. The highest BCUT2D eigenvalue weighted by Gasteiger charge is 2.51. The second-order valence-corrected chi connectivity index (χ2v) is 9.05. The number of likely N-dealkylation sites (N-methyl/N-ethyl adjacent to an activating group) is 1. The van der Waals surface area contributed by atoms with Crippen molar-refractivity contribution in [2.24, 2.45) is 0 Å². The van der Waals surface area contributed by atoms with Crippen molar-refractivity contribution in [2.45, 2.75) is 50.6 Å². The van der Waals surface area contributed by atoms with Crippen molar-refractivity contribution >= 4 is 11.6 Å². The van der Waals surface area contributed by atoms with E-state index in [1.807, 2.05) is 11.9 Å². The van der Waals surface area contributed by atoms with Gasteiger partial charge in [-0.2, -0.15) is 0 Å². The minimum Gasteiger partial charge on any atom is -0.340 e. The maximum atomic E-state index is 13.3. The van der Waals surface area contributed by atoms with Crippen LogP contribution in [0.1, 0.15) is 49.4 Å². The zero-order valence-corrected chi connectivity index (χ0v) is 17.9. The van der Waals surface area contributed by atoms with Crippen LogP contribution in [0.4, 0.5) is 5.69 Å². The molecule has 1 saturated heterocycles. The lowest BCUT2D eigenvalue weighted by molar-refractivity contribution is -0.384. The van der Waals surface area contributed by atoms with Gasteiger partial charge in [-0.05, 0) is 42.6 Å². The molecule has 0 saturated carbocycles. The van der Waals surface area contributed by atoms with Crippen LogP contribution in [-0.2, 0) is 16.6 Å². The molecule has 1 aliphatic carbocycles. The Balaban J connectivity index is 1.61. The fraction of sp³-hybridized carbons (Fsp3) is 0.458. The Bertz CT molecular complexity index is 948. The maximum absolute atomic E-state index is 13.3. The summed E-state index contributed by atoms with van der Waals surface area (Å²) in [5.41, 5.74) is 3.33. The summed E-state index contributed by atoms with van der Waals surface area (Å²) in [5, 5.41) is 10.9. The van der Waals surface area contributed by atoms with Gasteiger partial charge in [0.05, 0.1) is 23.4 Å². The third kappa shape index (κ3) is 3.49. The summed E-state index contributed by atoms with van der Waals surface area (Å²) >= 11 is 0. The van der Waals surface area contributed by atoms with Gasteiger partial charge in [-0.15, -0.1) is 0 Å². The zero-order valence-electron chi connectivity index (χ0n) is 17.9. The predicted molar refractivity (Wildman–Crippen MR) is 116 cm³/mol. The molecule has 2 aromatic carbocycles. The normalized spacial score (nSPS) is 22.6.